The van der Waals surface area contributed by atoms with Gasteiger partial charge in [-0.1, -0.05) is 19.9 Å². The van der Waals surface area contributed by atoms with Crippen molar-refractivity contribution in [3.05, 3.63) is 35.5 Å². The van der Waals surface area contributed by atoms with Crippen LogP contribution in [0.5, 0.6) is 0 Å². The number of carboxylic acids is 1. The average molecular weight is 260 g/mol. The molecule has 2 aromatic rings. The highest BCUT2D eigenvalue weighted by molar-refractivity contribution is 6.03. The lowest BCUT2D eigenvalue weighted by molar-refractivity contribution is 0.0699. The van der Waals surface area contributed by atoms with Crippen molar-refractivity contribution in [3.8, 4) is 0 Å². The van der Waals surface area contributed by atoms with Gasteiger partial charge < -0.3 is 15.0 Å². The maximum Gasteiger partial charge on any atom is 0.336 e. The molecule has 0 unspecified atom stereocenters. The van der Waals surface area contributed by atoms with Crippen LogP contribution in [0.25, 0.3) is 10.9 Å². The molecule has 4 nitrogen and oxygen atoms in total. The zero-order chi connectivity index (χ0) is 14.0. The molecule has 4 heteroatoms. The fourth-order valence-corrected chi connectivity index (χ4v) is 2.35. The number of fused-ring (bicyclic) bond motifs is 1. The van der Waals surface area contributed by atoms with Crippen LogP contribution in [0.2, 0.25) is 0 Å². The lowest BCUT2D eigenvalue weighted by Gasteiger charge is -2.11. The Morgan fingerprint density at radius 3 is 2.74 bits per heavy atom. The summed E-state index contributed by atoms with van der Waals surface area (Å²) in [5.74, 6) is -0.873. The molecule has 0 fully saturated rings. The number of carbonyl (C=O) groups is 1. The Kier molecular flexibility index (Phi) is 3.90. The summed E-state index contributed by atoms with van der Waals surface area (Å²) in [6, 6.07) is 7.83. The summed E-state index contributed by atoms with van der Waals surface area (Å²) in [5, 5.41) is 13.4. The fraction of sp³-hybridized carbons (Fsp3) is 0.400. The van der Waals surface area contributed by atoms with Crippen molar-refractivity contribution in [2.45, 2.75) is 39.9 Å². The van der Waals surface area contributed by atoms with Gasteiger partial charge in [0.05, 0.1) is 5.56 Å². The molecule has 0 bridgehead atoms. The molecule has 0 saturated carbocycles. The molecular formula is C15H20N2O2. The summed E-state index contributed by atoms with van der Waals surface area (Å²) >= 11 is 0. The average Bonchev–Trinajstić information content (AvgIpc) is 2.73. The van der Waals surface area contributed by atoms with Gasteiger partial charge in [-0.15, -0.1) is 0 Å². The minimum atomic E-state index is -0.873. The fourth-order valence-electron chi connectivity index (χ4n) is 2.35. The molecule has 1 heterocycles. The summed E-state index contributed by atoms with van der Waals surface area (Å²) in [5.41, 5.74) is 2.48. The van der Waals surface area contributed by atoms with Crippen LogP contribution in [0, 0.1) is 0 Å². The Morgan fingerprint density at radius 1 is 1.42 bits per heavy atom. The third-order valence-corrected chi connectivity index (χ3v) is 3.27. The zero-order valence-electron chi connectivity index (χ0n) is 11.6. The van der Waals surface area contributed by atoms with Crippen molar-refractivity contribution in [3.63, 3.8) is 0 Å². The number of aromatic carboxylic acids is 1. The molecule has 0 atom stereocenters. The van der Waals surface area contributed by atoms with E-state index in [0.717, 1.165) is 29.7 Å². The second kappa shape index (κ2) is 5.45. The first kappa shape index (κ1) is 13.6. The monoisotopic (exact) mass is 260 g/mol. The molecule has 2 N–H and O–H groups in total. The van der Waals surface area contributed by atoms with Gasteiger partial charge in [-0.2, -0.15) is 0 Å². The second-order valence-electron chi connectivity index (χ2n) is 4.96. The predicted octanol–water partition coefficient (Wildman–Crippen LogP) is 2.86. The quantitative estimate of drug-likeness (QED) is 0.869. The molecular weight excluding hydrogens is 240 g/mol. The number of rotatable bonds is 5. The molecule has 19 heavy (non-hydrogen) atoms. The van der Waals surface area contributed by atoms with Crippen LogP contribution in [-0.4, -0.2) is 21.7 Å². The SMILES string of the molecule is CCn1c(CNC(C)C)cc2c(C(=O)O)cccc21. The van der Waals surface area contributed by atoms with Crippen LogP contribution in [0.15, 0.2) is 24.3 Å². The lowest BCUT2D eigenvalue weighted by Crippen LogP contribution is -2.23. The standard InChI is InChI=1S/C15H20N2O2/c1-4-17-11(9-16-10(2)3)8-13-12(15(18)19)6-5-7-14(13)17/h5-8,10,16H,4,9H2,1-3H3,(H,18,19). The lowest BCUT2D eigenvalue weighted by atomic mass is 10.1. The van der Waals surface area contributed by atoms with E-state index in [1.807, 2.05) is 12.1 Å². The third-order valence-electron chi connectivity index (χ3n) is 3.27. The smallest absolute Gasteiger partial charge is 0.336 e. The van der Waals surface area contributed by atoms with Gasteiger partial charge in [0.25, 0.3) is 0 Å². The van der Waals surface area contributed by atoms with E-state index in [4.69, 9.17) is 0 Å². The van der Waals surface area contributed by atoms with Gasteiger partial charge in [0.2, 0.25) is 0 Å². The third kappa shape index (κ3) is 2.63. The zero-order valence-corrected chi connectivity index (χ0v) is 11.6. The Bertz CT molecular complexity index is 599. The number of nitrogens with zero attached hydrogens (tertiary/aromatic N) is 1. The maximum atomic E-state index is 11.3. The molecule has 1 aromatic carbocycles. The van der Waals surface area contributed by atoms with E-state index in [0.29, 0.717) is 11.6 Å². The number of aryl methyl sites for hydroxylation is 1. The molecule has 0 aliphatic carbocycles. The van der Waals surface area contributed by atoms with E-state index in [1.165, 1.54) is 0 Å². The topological polar surface area (TPSA) is 54.3 Å². The van der Waals surface area contributed by atoms with Crippen molar-refractivity contribution in [2.75, 3.05) is 0 Å². The minimum Gasteiger partial charge on any atom is -0.478 e. The Hall–Kier alpha value is -1.81. The molecule has 0 spiro atoms. The van der Waals surface area contributed by atoms with Crippen LogP contribution in [0.1, 0.15) is 36.8 Å². The first-order chi connectivity index (χ1) is 9.04. The summed E-state index contributed by atoms with van der Waals surface area (Å²) in [6.07, 6.45) is 0. The van der Waals surface area contributed by atoms with E-state index < -0.39 is 5.97 Å². The Balaban J connectivity index is 2.53. The predicted molar refractivity (Wildman–Crippen MR) is 76.5 cm³/mol. The van der Waals surface area contributed by atoms with Crippen LogP contribution in [0.4, 0.5) is 0 Å². The van der Waals surface area contributed by atoms with Gasteiger partial charge in [-0.25, -0.2) is 4.79 Å². The van der Waals surface area contributed by atoms with E-state index in [9.17, 15) is 9.90 Å². The van der Waals surface area contributed by atoms with Gasteiger partial charge in [-0.05, 0) is 25.1 Å². The number of hydrogen-bond donors (Lipinski definition) is 2. The van der Waals surface area contributed by atoms with Crippen molar-refractivity contribution in [1.82, 2.24) is 9.88 Å². The van der Waals surface area contributed by atoms with Crippen molar-refractivity contribution < 1.29 is 9.90 Å². The van der Waals surface area contributed by atoms with E-state index in [2.05, 4.69) is 30.7 Å². The van der Waals surface area contributed by atoms with Crippen molar-refractivity contribution in [2.24, 2.45) is 0 Å². The van der Waals surface area contributed by atoms with Crippen molar-refractivity contribution in [1.29, 1.82) is 0 Å². The highest BCUT2D eigenvalue weighted by atomic mass is 16.4. The first-order valence-corrected chi connectivity index (χ1v) is 6.62. The number of aromatic nitrogens is 1. The van der Waals surface area contributed by atoms with Gasteiger partial charge in [0.15, 0.2) is 0 Å². The Morgan fingerprint density at radius 2 is 2.16 bits per heavy atom. The molecule has 102 valence electrons. The summed E-state index contributed by atoms with van der Waals surface area (Å²) in [6.45, 7) is 7.86. The van der Waals surface area contributed by atoms with Gasteiger partial charge in [0, 0.05) is 35.7 Å². The van der Waals surface area contributed by atoms with Gasteiger partial charge in [-0.3, -0.25) is 0 Å². The molecule has 0 aliphatic heterocycles. The summed E-state index contributed by atoms with van der Waals surface area (Å²) in [7, 11) is 0. The molecule has 0 radical (unpaired) electrons. The number of carboxylic acid groups (broad SMARTS) is 1. The first-order valence-electron chi connectivity index (χ1n) is 6.62. The molecule has 1 aromatic heterocycles. The summed E-state index contributed by atoms with van der Waals surface area (Å²) in [4.78, 5) is 11.3. The molecule has 0 aliphatic rings. The number of benzene rings is 1. The summed E-state index contributed by atoms with van der Waals surface area (Å²) < 4.78 is 2.16. The second-order valence-corrected chi connectivity index (χ2v) is 4.96. The maximum absolute atomic E-state index is 11.3. The minimum absolute atomic E-state index is 0.371. The normalized spacial score (nSPS) is 11.4. The van der Waals surface area contributed by atoms with Gasteiger partial charge in [0.1, 0.15) is 0 Å². The van der Waals surface area contributed by atoms with Crippen LogP contribution < -0.4 is 5.32 Å². The van der Waals surface area contributed by atoms with E-state index >= 15 is 0 Å². The molecule has 0 saturated heterocycles. The molecule has 0 amide bonds. The van der Waals surface area contributed by atoms with Crippen LogP contribution in [-0.2, 0) is 13.1 Å². The van der Waals surface area contributed by atoms with Crippen molar-refractivity contribution >= 4 is 16.9 Å². The number of nitrogens with one attached hydrogen (secondary N) is 1. The molecule has 2 rings (SSSR count). The van der Waals surface area contributed by atoms with E-state index in [1.54, 1.807) is 12.1 Å². The highest BCUT2D eigenvalue weighted by Crippen LogP contribution is 2.24. The Labute approximate surface area is 113 Å². The van der Waals surface area contributed by atoms with Crippen LogP contribution in [0.3, 0.4) is 0 Å². The highest BCUT2D eigenvalue weighted by Gasteiger charge is 2.14. The van der Waals surface area contributed by atoms with Crippen LogP contribution >= 0.6 is 0 Å². The largest absolute Gasteiger partial charge is 0.478 e. The number of hydrogen-bond acceptors (Lipinski definition) is 2. The van der Waals surface area contributed by atoms with E-state index in [-0.39, 0.29) is 0 Å². The van der Waals surface area contributed by atoms with Gasteiger partial charge >= 0.3 is 5.97 Å².